The molecule has 0 aliphatic heterocycles. The van der Waals surface area contributed by atoms with Gasteiger partial charge in [-0.2, -0.15) is 0 Å². The number of hydrogen-bond acceptors (Lipinski definition) is 3. The van der Waals surface area contributed by atoms with E-state index in [1.807, 2.05) is 30.3 Å². The molecule has 0 aliphatic carbocycles. The van der Waals surface area contributed by atoms with Crippen molar-refractivity contribution in [1.82, 2.24) is 0 Å². The molecule has 0 heterocycles. The van der Waals surface area contributed by atoms with Gasteiger partial charge in [-0.1, -0.05) is 18.2 Å². The van der Waals surface area contributed by atoms with E-state index in [4.69, 9.17) is 4.74 Å². The van der Waals surface area contributed by atoms with E-state index in [1.54, 1.807) is 7.11 Å². The molecule has 0 aliphatic rings. The Kier molecular flexibility index (Phi) is 5.42. The van der Waals surface area contributed by atoms with Crippen molar-refractivity contribution in [1.29, 1.82) is 0 Å². The molecule has 0 radical (unpaired) electrons. The number of aryl methyl sites for hydroxylation is 2. The summed E-state index contributed by atoms with van der Waals surface area (Å²) < 4.78 is 5.21. The van der Waals surface area contributed by atoms with E-state index < -0.39 is 0 Å². The van der Waals surface area contributed by atoms with Crippen LogP contribution in [0.2, 0.25) is 0 Å². The third kappa shape index (κ3) is 4.25. The van der Waals surface area contributed by atoms with Crippen molar-refractivity contribution in [3.63, 3.8) is 0 Å². The number of ether oxygens (including phenoxy) is 1. The second kappa shape index (κ2) is 7.50. The molecule has 0 aromatic heterocycles. The lowest BCUT2D eigenvalue weighted by Gasteiger charge is -2.11. The van der Waals surface area contributed by atoms with Crippen LogP contribution in [0.3, 0.4) is 0 Å². The lowest BCUT2D eigenvalue weighted by Crippen LogP contribution is -2.16. The Bertz CT molecular complexity index is 653. The Morgan fingerprint density at radius 3 is 2.59 bits per heavy atom. The number of methoxy groups -OCH3 is 1. The van der Waals surface area contributed by atoms with Crippen molar-refractivity contribution >= 4 is 17.3 Å². The van der Waals surface area contributed by atoms with Crippen LogP contribution in [0.25, 0.3) is 0 Å². The van der Waals surface area contributed by atoms with E-state index in [0.717, 1.165) is 5.69 Å². The Labute approximate surface area is 131 Å². The zero-order valence-corrected chi connectivity index (χ0v) is 13.3. The minimum Gasteiger partial charge on any atom is -0.495 e. The molecule has 4 heteroatoms. The summed E-state index contributed by atoms with van der Waals surface area (Å²) in [5.74, 6) is 0.624. The molecule has 2 rings (SSSR count). The van der Waals surface area contributed by atoms with Crippen LogP contribution in [-0.2, 0) is 4.79 Å². The number of rotatable bonds is 6. The molecular formula is C18H22N2O2. The van der Waals surface area contributed by atoms with Gasteiger partial charge >= 0.3 is 0 Å². The number of anilines is 2. The van der Waals surface area contributed by atoms with E-state index in [-0.39, 0.29) is 5.91 Å². The van der Waals surface area contributed by atoms with E-state index >= 15 is 0 Å². The van der Waals surface area contributed by atoms with Gasteiger partial charge in [-0.3, -0.25) is 4.79 Å². The van der Waals surface area contributed by atoms with Crippen LogP contribution in [0.5, 0.6) is 5.75 Å². The van der Waals surface area contributed by atoms with Gasteiger partial charge in [0.25, 0.3) is 0 Å². The Balaban J connectivity index is 1.84. The van der Waals surface area contributed by atoms with Gasteiger partial charge in [0, 0.05) is 18.7 Å². The van der Waals surface area contributed by atoms with Crippen LogP contribution in [-0.4, -0.2) is 19.6 Å². The average Bonchev–Trinajstić information content (AvgIpc) is 2.51. The summed E-state index contributed by atoms with van der Waals surface area (Å²) in [5, 5.41) is 6.13. The largest absolute Gasteiger partial charge is 0.495 e. The summed E-state index contributed by atoms with van der Waals surface area (Å²) in [4.78, 5) is 12.0. The number of para-hydroxylation sites is 2. The second-order valence-electron chi connectivity index (χ2n) is 5.22. The highest BCUT2D eigenvalue weighted by Gasteiger charge is 2.06. The molecule has 0 saturated heterocycles. The Hall–Kier alpha value is -2.49. The molecule has 0 bridgehead atoms. The van der Waals surface area contributed by atoms with Gasteiger partial charge in [0.15, 0.2) is 0 Å². The quantitative estimate of drug-likeness (QED) is 0.854. The first-order valence-corrected chi connectivity index (χ1v) is 7.34. The van der Waals surface area contributed by atoms with E-state index in [2.05, 4.69) is 36.6 Å². The minimum absolute atomic E-state index is 0.0409. The molecule has 2 aromatic carbocycles. The number of carbonyl (C=O) groups is 1. The smallest absolute Gasteiger partial charge is 0.226 e. The summed E-state index contributed by atoms with van der Waals surface area (Å²) in [7, 11) is 1.59. The highest BCUT2D eigenvalue weighted by atomic mass is 16.5. The Morgan fingerprint density at radius 1 is 1.09 bits per heavy atom. The zero-order valence-electron chi connectivity index (χ0n) is 13.3. The van der Waals surface area contributed by atoms with Crippen molar-refractivity contribution in [3.05, 3.63) is 53.6 Å². The van der Waals surface area contributed by atoms with Crippen molar-refractivity contribution < 1.29 is 9.53 Å². The molecule has 116 valence electrons. The molecule has 0 fully saturated rings. The van der Waals surface area contributed by atoms with Crippen molar-refractivity contribution in [2.45, 2.75) is 20.3 Å². The number of carbonyl (C=O) groups excluding carboxylic acids is 1. The first kappa shape index (κ1) is 15.9. The monoisotopic (exact) mass is 298 g/mol. The number of benzene rings is 2. The number of hydrogen-bond donors (Lipinski definition) is 2. The first-order valence-electron chi connectivity index (χ1n) is 7.34. The van der Waals surface area contributed by atoms with Crippen LogP contribution in [0.4, 0.5) is 11.4 Å². The summed E-state index contributed by atoms with van der Waals surface area (Å²) >= 11 is 0. The highest BCUT2D eigenvalue weighted by molar-refractivity contribution is 5.92. The normalized spacial score (nSPS) is 10.1. The molecular weight excluding hydrogens is 276 g/mol. The average molecular weight is 298 g/mol. The second-order valence-corrected chi connectivity index (χ2v) is 5.22. The Morgan fingerprint density at radius 2 is 1.86 bits per heavy atom. The van der Waals surface area contributed by atoms with Crippen LogP contribution in [0.1, 0.15) is 17.5 Å². The molecule has 22 heavy (non-hydrogen) atoms. The van der Waals surface area contributed by atoms with Gasteiger partial charge in [-0.25, -0.2) is 0 Å². The third-order valence-electron chi connectivity index (χ3n) is 3.57. The van der Waals surface area contributed by atoms with Gasteiger partial charge < -0.3 is 15.4 Å². The maximum Gasteiger partial charge on any atom is 0.226 e. The summed E-state index contributed by atoms with van der Waals surface area (Å²) in [6.07, 6.45) is 0.394. The van der Waals surface area contributed by atoms with E-state index in [0.29, 0.717) is 24.4 Å². The first-order chi connectivity index (χ1) is 10.6. The van der Waals surface area contributed by atoms with Crippen LogP contribution in [0.15, 0.2) is 42.5 Å². The fourth-order valence-electron chi connectivity index (χ4n) is 2.13. The van der Waals surface area contributed by atoms with E-state index in [1.165, 1.54) is 11.1 Å². The fraction of sp³-hybridized carbons (Fsp3) is 0.278. The third-order valence-corrected chi connectivity index (χ3v) is 3.57. The minimum atomic E-state index is -0.0409. The van der Waals surface area contributed by atoms with Crippen molar-refractivity contribution in [2.75, 3.05) is 24.3 Å². The predicted octanol–water partition coefficient (Wildman–Crippen LogP) is 3.75. The molecule has 4 nitrogen and oxygen atoms in total. The SMILES string of the molecule is COc1ccccc1NC(=O)CCNc1ccc(C)c(C)c1. The molecule has 2 aromatic rings. The zero-order chi connectivity index (χ0) is 15.9. The number of amides is 1. The molecule has 0 saturated carbocycles. The summed E-state index contributed by atoms with van der Waals surface area (Å²) in [5.41, 5.74) is 4.23. The predicted molar refractivity (Wildman–Crippen MR) is 90.6 cm³/mol. The number of nitrogens with one attached hydrogen (secondary N) is 2. The lowest BCUT2D eigenvalue weighted by atomic mass is 10.1. The van der Waals surface area contributed by atoms with Crippen LogP contribution < -0.4 is 15.4 Å². The maximum atomic E-state index is 12.0. The molecule has 0 spiro atoms. The van der Waals surface area contributed by atoms with Gasteiger partial charge in [0.1, 0.15) is 5.75 Å². The van der Waals surface area contributed by atoms with Gasteiger partial charge in [0.2, 0.25) is 5.91 Å². The van der Waals surface area contributed by atoms with E-state index in [9.17, 15) is 4.79 Å². The fourth-order valence-corrected chi connectivity index (χ4v) is 2.13. The van der Waals surface area contributed by atoms with Gasteiger partial charge in [0.05, 0.1) is 12.8 Å². The van der Waals surface area contributed by atoms with Gasteiger partial charge in [-0.05, 0) is 49.2 Å². The molecule has 2 N–H and O–H groups in total. The molecule has 0 atom stereocenters. The molecule has 1 amide bonds. The molecule has 0 unspecified atom stereocenters. The van der Waals surface area contributed by atoms with Crippen LogP contribution >= 0.6 is 0 Å². The topological polar surface area (TPSA) is 50.4 Å². The summed E-state index contributed by atoms with van der Waals surface area (Å²) in [6.45, 7) is 4.75. The van der Waals surface area contributed by atoms with Gasteiger partial charge in [-0.15, -0.1) is 0 Å². The summed E-state index contributed by atoms with van der Waals surface area (Å²) in [6, 6.07) is 13.6. The maximum absolute atomic E-state index is 12.0. The van der Waals surface area contributed by atoms with Crippen molar-refractivity contribution in [2.24, 2.45) is 0 Å². The highest BCUT2D eigenvalue weighted by Crippen LogP contribution is 2.23. The van der Waals surface area contributed by atoms with Crippen molar-refractivity contribution in [3.8, 4) is 5.75 Å². The van der Waals surface area contributed by atoms with Crippen LogP contribution in [0, 0.1) is 13.8 Å². The lowest BCUT2D eigenvalue weighted by molar-refractivity contribution is -0.115. The standard InChI is InChI=1S/C18H22N2O2/c1-13-8-9-15(12-14(13)2)19-11-10-18(21)20-16-6-4-5-7-17(16)22-3/h4-9,12,19H,10-11H2,1-3H3,(H,20,21).